The van der Waals surface area contributed by atoms with E-state index >= 15 is 0 Å². The van der Waals surface area contributed by atoms with Crippen LogP contribution in [0.5, 0.6) is 0 Å². The summed E-state index contributed by atoms with van der Waals surface area (Å²) >= 11 is 1.02. The molecular formula is C12H9FO3S. The Morgan fingerprint density at radius 2 is 2.18 bits per heavy atom. The van der Waals surface area contributed by atoms with Crippen molar-refractivity contribution >= 4 is 22.8 Å². The van der Waals surface area contributed by atoms with Crippen molar-refractivity contribution in [2.75, 3.05) is 5.75 Å². The standard InChI is InChI=1S/C12H9FO3S/c1-8(14)17-6-2-3-9-7-10(12(15)16)4-5-11(9)13/h4-5,7H,6H2,1H3,(H,15,16). The fraction of sp³-hybridized carbons (Fsp3) is 0.167. The van der Waals surface area contributed by atoms with Crippen molar-refractivity contribution < 1.29 is 19.1 Å². The Bertz CT molecular complexity index is 514. The summed E-state index contributed by atoms with van der Waals surface area (Å²) in [6.45, 7) is 1.41. The van der Waals surface area contributed by atoms with Crippen LogP contribution in [0.3, 0.4) is 0 Å². The molecule has 0 aliphatic carbocycles. The first-order valence-corrected chi connectivity index (χ1v) is 5.64. The molecule has 0 aliphatic heterocycles. The van der Waals surface area contributed by atoms with E-state index in [1.54, 1.807) is 0 Å². The molecule has 1 aromatic rings. The molecule has 17 heavy (non-hydrogen) atoms. The summed E-state index contributed by atoms with van der Waals surface area (Å²) in [4.78, 5) is 21.3. The van der Waals surface area contributed by atoms with Gasteiger partial charge in [-0.25, -0.2) is 9.18 Å². The molecule has 0 unspecified atom stereocenters. The molecule has 3 nitrogen and oxygen atoms in total. The van der Waals surface area contributed by atoms with Crippen molar-refractivity contribution in [2.45, 2.75) is 6.92 Å². The second kappa shape index (κ2) is 6.06. The monoisotopic (exact) mass is 252 g/mol. The van der Waals surface area contributed by atoms with E-state index in [4.69, 9.17) is 5.11 Å². The average Bonchev–Trinajstić information content (AvgIpc) is 2.25. The van der Waals surface area contributed by atoms with Gasteiger partial charge < -0.3 is 5.11 Å². The normalized spacial score (nSPS) is 9.29. The molecule has 0 radical (unpaired) electrons. The van der Waals surface area contributed by atoms with Crippen molar-refractivity contribution in [2.24, 2.45) is 0 Å². The molecule has 1 rings (SSSR count). The minimum absolute atomic E-state index is 0.0186. The van der Waals surface area contributed by atoms with Crippen molar-refractivity contribution in [3.8, 4) is 11.8 Å². The fourth-order valence-electron chi connectivity index (χ4n) is 1.02. The Balaban J connectivity index is 2.86. The molecule has 5 heteroatoms. The molecule has 0 spiro atoms. The molecule has 0 atom stereocenters. The van der Waals surface area contributed by atoms with E-state index < -0.39 is 11.8 Å². The zero-order valence-corrected chi connectivity index (χ0v) is 9.81. The highest BCUT2D eigenvalue weighted by atomic mass is 32.2. The highest BCUT2D eigenvalue weighted by Gasteiger charge is 2.06. The minimum Gasteiger partial charge on any atom is -0.478 e. The minimum atomic E-state index is -1.13. The van der Waals surface area contributed by atoms with E-state index in [0.717, 1.165) is 17.8 Å². The maximum absolute atomic E-state index is 13.2. The number of benzene rings is 1. The summed E-state index contributed by atoms with van der Waals surface area (Å²) in [5, 5.41) is 8.65. The van der Waals surface area contributed by atoms with Gasteiger partial charge in [-0.05, 0) is 18.2 Å². The second-order valence-electron chi connectivity index (χ2n) is 3.08. The lowest BCUT2D eigenvalue weighted by Gasteiger charge is -1.97. The third-order valence-electron chi connectivity index (χ3n) is 1.78. The summed E-state index contributed by atoms with van der Waals surface area (Å²) in [5.41, 5.74) is 0.00368. The molecule has 0 saturated carbocycles. The van der Waals surface area contributed by atoms with E-state index in [2.05, 4.69) is 11.8 Å². The topological polar surface area (TPSA) is 54.4 Å². The first-order chi connectivity index (χ1) is 8.00. The van der Waals surface area contributed by atoms with Crippen LogP contribution in [0, 0.1) is 17.7 Å². The van der Waals surface area contributed by atoms with E-state index in [-0.39, 0.29) is 22.0 Å². The Morgan fingerprint density at radius 1 is 1.47 bits per heavy atom. The lowest BCUT2D eigenvalue weighted by atomic mass is 10.1. The fourth-order valence-corrected chi connectivity index (χ4v) is 1.37. The Kier molecular flexibility index (Phi) is 4.73. The van der Waals surface area contributed by atoms with E-state index in [1.165, 1.54) is 19.1 Å². The maximum atomic E-state index is 13.2. The number of hydrogen-bond acceptors (Lipinski definition) is 3. The molecule has 0 aliphatic rings. The number of carbonyl (C=O) groups excluding carboxylic acids is 1. The Hall–Kier alpha value is -1.80. The van der Waals surface area contributed by atoms with Crippen LogP contribution in [0.15, 0.2) is 18.2 Å². The van der Waals surface area contributed by atoms with Gasteiger partial charge >= 0.3 is 5.97 Å². The van der Waals surface area contributed by atoms with Gasteiger partial charge in [0.25, 0.3) is 0 Å². The first-order valence-electron chi connectivity index (χ1n) is 4.66. The summed E-state index contributed by atoms with van der Waals surface area (Å²) in [5.74, 6) is 3.65. The number of aromatic carboxylic acids is 1. The predicted molar refractivity (Wildman–Crippen MR) is 63.4 cm³/mol. The zero-order chi connectivity index (χ0) is 12.8. The number of thioether (sulfide) groups is 1. The number of halogens is 1. The van der Waals surface area contributed by atoms with Crippen LogP contribution in [0.25, 0.3) is 0 Å². The second-order valence-corrected chi connectivity index (χ2v) is 4.23. The smallest absolute Gasteiger partial charge is 0.335 e. The molecule has 0 fully saturated rings. The van der Waals surface area contributed by atoms with Gasteiger partial charge in [0.05, 0.1) is 16.9 Å². The van der Waals surface area contributed by atoms with Gasteiger partial charge in [-0.2, -0.15) is 0 Å². The predicted octanol–water partition coefficient (Wildman–Crippen LogP) is 2.16. The number of carboxylic acid groups (broad SMARTS) is 1. The van der Waals surface area contributed by atoms with Crippen LogP contribution >= 0.6 is 11.8 Å². The van der Waals surface area contributed by atoms with Crippen LogP contribution in [-0.4, -0.2) is 21.9 Å². The van der Waals surface area contributed by atoms with Crippen molar-refractivity contribution in [1.29, 1.82) is 0 Å². The maximum Gasteiger partial charge on any atom is 0.335 e. The van der Waals surface area contributed by atoms with Crippen molar-refractivity contribution in [3.63, 3.8) is 0 Å². The van der Waals surface area contributed by atoms with Gasteiger partial charge in [0.15, 0.2) is 5.12 Å². The lowest BCUT2D eigenvalue weighted by Crippen LogP contribution is -1.97. The largest absolute Gasteiger partial charge is 0.478 e. The van der Waals surface area contributed by atoms with Crippen LogP contribution in [0.2, 0.25) is 0 Å². The molecule has 1 N–H and O–H groups in total. The third-order valence-corrected chi connectivity index (χ3v) is 2.48. The molecule has 0 heterocycles. The first kappa shape index (κ1) is 13.3. The highest BCUT2D eigenvalue weighted by molar-refractivity contribution is 8.13. The van der Waals surface area contributed by atoms with Crippen LogP contribution in [0.1, 0.15) is 22.8 Å². The van der Waals surface area contributed by atoms with E-state index in [1.807, 2.05) is 0 Å². The lowest BCUT2D eigenvalue weighted by molar-refractivity contribution is -0.109. The highest BCUT2D eigenvalue weighted by Crippen LogP contribution is 2.09. The summed E-state index contributed by atoms with van der Waals surface area (Å²) in [7, 11) is 0. The van der Waals surface area contributed by atoms with Gasteiger partial charge in [0.1, 0.15) is 5.82 Å². The number of rotatable bonds is 2. The molecule has 0 bridgehead atoms. The van der Waals surface area contributed by atoms with Crippen LogP contribution < -0.4 is 0 Å². The SMILES string of the molecule is CC(=O)SCC#Cc1cc(C(=O)O)ccc1F. The molecule has 88 valence electrons. The Labute approximate surface area is 102 Å². The van der Waals surface area contributed by atoms with Crippen molar-refractivity contribution in [1.82, 2.24) is 0 Å². The number of hydrogen-bond donors (Lipinski definition) is 1. The molecule has 1 aromatic carbocycles. The summed E-state index contributed by atoms with van der Waals surface area (Å²) < 4.78 is 13.2. The third kappa shape index (κ3) is 4.29. The van der Waals surface area contributed by atoms with E-state index in [9.17, 15) is 14.0 Å². The quantitative estimate of drug-likeness (QED) is 0.819. The van der Waals surface area contributed by atoms with Crippen LogP contribution in [-0.2, 0) is 4.79 Å². The molecular weight excluding hydrogens is 243 g/mol. The van der Waals surface area contributed by atoms with Gasteiger partial charge in [-0.1, -0.05) is 23.6 Å². The molecule has 0 saturated heterocycles. The summed E-state index contributed by atoms with van der Waals surface area (Å²) in [6.07, 6.45) is 0. The van der Waals surface area contributed by atoms with Crippen molar-refractivity contribution in [3.05, 3.63) is 35.1 Å². The van der Waals surface area contributed by atoms with Gasteiger partial charge in [-0.15, -0.1) is 0 Å². The molecule has 0 amide bonds. The molecule has 0 aromatic heterocycles. The van der Waals surface area contributed by atoms with Gasteiger partial charge in [0, 0.05) is 6.92 Å². The number of carbonyl (C=O) groups is 2. The van der Waals surface area contributed by atoms with Gasteiger partial charge in [-0.3, -0.25) is 4.79 Å². The van der Waals surface area contributed by atoms with E-state index in [0.29, 0.717) is 0 Å². The Morgan fingerprint density at radius 3 is 2.76 bits per heavy atom. The van der Waals surface area contributed by atoms with Crippen LogP contribution in [0.4, 0.5) is 4.39 Å². The number of carboxylic acids is 1. The zero-order valence-electron chi connectivity index (χ0n) is 8.99. The van der Waals surface area contributed by atoms with Gasteiger partial charge in [0.2, 0.25) is 0 Å². The average molecular weight is 252 g/mol. The summed E-state index contributed by atoms with van der Waals surface area (Å²) in [6, 6.07) is 3.40.